The van der Waals surface area contributed by atoms with E-state index in [9.17, 15) is 13.2 Å². The number of hydrogen-bond donors (Lipinski definition) is 1. The van der Waals surface area contributed by atoms with Crippen LogP contribution in [-0.4, -0.2) is 38.4 Å². The van der Waals surface area contributed by atoms with Gasteiger partial charge in [0.1, 0.15) is 6.04 Å². The largest absolute Gasteiger partial charge is 0.341 e. The summed E-state index contributed by atoms with van der Waals surface area (Å²) in [5.41, 5.74) is 0. The van der Waals surface area contributed by atoms with Gasteiger partial charge in [0, 0.05) is 13.1 Å². The van der Waals surface area contributed by atoms with Gasteiger partial charge in [-0.2, -0.15) is 4.72 Å². The van der Waals surface area contributed by atoms with Crippen molar-refractivity contribution >= 4 is 15.9 Å². The molecule has 1 amide bonds. The molecule has 0 aliphatic carbocycles. The predicted octanol–water partition coefficient (Wildman–Crippen LogP) is 2.39. The standard InChI is InChI=1S/C17H26N2O3S/c1-14(2)13-16(17(20)19-11-7-4-8-12-19)18-23(21,22)15-9-5-3-6-10-15/h3,5-6,9-10,14,16,18H,4,7-8,11-13H2,1-2H3/t16-/m0/s1. The van der Waals surface area contributed by atoms with Crippen molar-refractivity contribution in [1.82, 2.24) is 9.62 Å². The predicted molar refractivity (Wildman–Crippen MR) is 90.4 cm³/mol. The number of likely N-dealkylation sites (tertiary alicyclic amines) is 1. The number of piperidine rings is 1. The van der Waals surface area contributed by atoms with Crippen LogP contribution in [0, 0.1) is 5.92 Å². The fourth-order valence-electron chi connectivity index (χ4n) is 2.86. The molecule has 1 aromatic carbocycles. The Balaban J connectivity index is 2.16. The Morgan fingerprint density at radius 3 is 2.30 bits per heavy atom. The molecule has 128 valence electrons. The molecular weight excluding hydrogens is 312 g/mol. The number of sulfonamides is 1. The maximum absolute atomic E-state index is 12.7. The highest BCUT2D eigenvalue weighted by Crippen LogP contribution is 2.16. The van der Waals surface area contributed by atoms with E-state index in [0.29, 0.717) is 6.42 Å². The molecule has 0 spiro atoms. The van der Waals surface area contributed by atoms with Crippen LogP contribution in [0.3, 0.4) is 0 Å². The Morgan fingerprint density at radius 2 is 1.74 bits per heavy atom. The highest BCUT2D eigenvalue weighted by atomic mass is 32.2. The van der Waals surface area contributed by atoms with Crippen molar-refractivity contribution in [3.8, 4) is 0 Å². The Bertz CT molecular complexity index is 608. The van der Waals surface area contributed by atoms with Gasteiger partial charge in [-0.25, -0.2) is 8.42 Å². The topological polar surface area (TPSA) is 66.5 Å². The second kappa shape index (κ2) is 7.93. The van der Waals surface area contributed by atoms with Crippen LogP contribution in [0.4, 0.5) is 0 Å². The average Bonchev–Trinajstić information content (AvgIpc) is 2.54. The van der Waals surface area contributed by atoms with Gasteiger partial charge in [0.15, 0.2) is 0 Å². The van der Waals surface area contributed by atoms with Gasteiger partial charge in [0.2, 0.25) is 15.9 Å². The van der Waals surface area contributed by atoms with E-state index in [1.807, 2.05) is 13.8 Å². The van der Waals surface area contributed by atoms with E-state index in [1.165, 1.54) is 0 Å². The van der Waals surface area contributed by atoms with Crippen LogP contribution in [0.5, 0.6) is 0 Å². The van der Waals surface area contributed by atoms with Gasteiger partial charge in [-0.1, -0.05) is 32.0 Å². The van der Waals surface area contributed by atoms with Crippen LogP contribution in [0.1, 0.15) is 39.5 Å². The summed E-state index contributed by atoms with van der Waals surface area (Å²) in [6.07, 6.45) is 3.62. The van der Waals surface area contributed by atoms with E-state index in [1.54, 1.807) is 35.2 Å². The number of benzene rings is 1. The summed E-state index contributed by atoms with van der Waals surface area (Å²) in [6, 6.07) is 7.51. The molecule has 2 rings (SSSR count). The summed E-state index contributed by atoms with van der Waals surface area (Å²) < 4.78 is 27.7. The van der Waals surface area contributed by atoms with Crippen LogP contribution in [0.25, 0.3) is 0 Å². The molecule has 23 heavy (non-hydrogen) atoms. The molecule has 1 saturated heterocycles. The molecule has 1 aliphatic heterocycles. The van der Waals surface area contributed by atoms with Gasteiger partial charge in [0.25, 0.3) is 0 Å². The molecule has 6 heteroatoms. The van der Waals surface area contributed by atoms with Crippen molar-refractivity contribution in [1.29, 1.82) is 0 Å². The summed E-state index contributed by atoms with van der Waals surface area (Å²) in [5.74, 6) is 0.130. The molecule has 1 heterocycles. The fraction of sp³-hybridized carbons (Fsp3) is 0.588. The zero-order chi connectivity index (χ0) is 16.9. The van der Waals surface area contributed by atoms with E-state index in [2.05, 4.69) is 4.72 Å². The smallest absolute Gasteiger partial charge is 0.241 e. The molecule has 0 radical (unpaired) electrons. The minimum Gasteiger partial charge on any atom is -0.341 e. The number of amides is 1. The minimum absolute atomic E-state index is 0.0992. The maximum Gasteiger partial charge on any atom is 0.241 e. The van der Waals surface area contributed by atoms with Crippen LogP contribution in [-0.2, 0) is 14.8 Å². The first-order valence-corrected chi connectivity index (χ1v) is 9.74. The lowest BCUT2D eigenvalue weighted by Gasteiger charge is -2.31. The first kappa shape index (κ1) is 17.9. The van der Waals surface area contributed by atoms with Crippen molar-refractivity contribution in [3.63, 3.8) is 0 Å². The fourth-order valence-corrected chi connectivity index (χ4v) is 4.08. The van der Waals surface area contributed by atoms with Crippen molar-refractivity contribution in [2.24, 2.45) is 5.92 Å². The molecule has 1 aromatic rings. The highest BCUT2D eigenvalue weighted by molar-refractivity contribution is 7.89. The van der Waals surface area contributed by atoms with Crippen molar-refractivity contribution in [2.45, 2.75) is 50.5 Å². The van der Waals surface area contributed by atoms with Crippen molar-refractivity contribution in [3.05, 3.63) is 30.3 Å². The summed E-state index contributed by atoms with van der Waals surface area (Å²) in [4.78, 5) is 14.7. The van der Waals surface area contributed by atoms with E-state index < -0.39 is 16.1 Å². The number of carbonyl (C=O) groups is 1. The third-order valence-electron chi connectivity index (χ3n) is 4.02. The van der Waals surface area contributed by atoms with Crippen LogP contribution >= 0.6 is 0 Å². The van der Waals surface area contributed by atoms with Crippen LogP contribution in [0.15, 0.2) is 35.2 Å². The molecular formula is C17H26N2O3S. The quantitative estimate of drug-likeness (QED) is 0.866. The third-order valence-corrected chi connectivity index (χ3v) is 5.51. The van der Waals surface area contributed by atoms with Gasteiger partial charge in [-0.05, 0) is 43.7 Å². The van der Waals surface area contributed by atoms with Crippen LogP contribution < -0.4 is 4.72 Å². The molecule has 1 aliphatic rings. The molecule has 0 saturated carbocycles. The summed E-state index contributed by atoms with van der Waals surface area (Å²) >= 11 is 0. The molecule has 5 nitrogen and oxygen atoms in total. The molecule has 1 N–H and O–H groups in total. The van der Waals surface area contributed by atoms with Gasteiger partial charge in [-0.3, -0.25) is 4.79 Å². The summed E-state index contributed by atoms with van der Waals surface area (Å²) in [5, 5.41) is 0. The van der Waals surface area contributed by atoms with Gasteiger partial charge < -0.3 is 4.90 Å². The maximum atomic E-state index is 12.7. The lowest BCUT2D eigenvalue weighted by molar-refractivity contribution is -0.134. The molecule has 0 bridgehead atoms. The van der Waals surface area contributed by atoms with Crippen LogP contribution in [0.2, 0.25) is 0 Å². The normalized spacial score (nSPS) is 17.3. The summed E-state index contributed by atoms with van der Waals surface area (Å²) in [6.45, 7) is 5.43. The SMILES string of the molecule is CC(C)C[C@H](NS(=O)(=O)c1ccccc1)C(=O)N1CCCCC1. The number of nitrogens with zero attached hydrogens (tertiary/aromatic N) is 1. The Hall–Kier alpha value is -1.40. The number of rotatable bonds is 6. The molecule has 0 unspecified atom stereocenters. The monoisotopic (exact) mass is 338 g/mol. The molecule has 0 aromatic heterocycles. The minimum atomic E-state index is -3.69. The van der Waals surface area contributed by atoms with E-state index in [4.69, 9.17) is 0 Å². The summed E-state index contributed by atoms with van der Waals surface area (Å²) in [7, 11) is -3.69. The Morgan fingerprint density at radius 1 is 1.13 bits per heavy atom. The van der Waals surface area contributed by atoms with Crippen molar-refractivity contribution < 1.29 is 13.2 Å². The van der Waals surface area contributed by atoms with Gasteiger partial charge in [-0.15, -0.1) is 0 Å². The van der Waals surface area contributed by atoms with E-state index in [-0.39, 0.29) is 16.7 Å². The van der Waals surface area contributed by atoms with Crippen molar-refractivity contribution in [2.75, 3.05) is 13.1 Å². The van der Waals surface area contributed by atoms with Gasteiger partial charge >= 0.3 is 0 Å². The van der Waals surface area contributed by atoms with E-state index in [0.717, 1.165) is 32.4 Å². The second-order valence-corrected chi connectivity index (χ2v) is 8.22. The highest BCUT2D eigenvalue weighted by Gasteiger charge is 2.30. The van der Waals surface area contributed by atoms with Gasteiger partial charge in [0.05, 0.1) is 4.90 Å². The Labute approximate surface area is 139 Å². The molecule has 1 fully saturated rings. The zero-order valence-electron chi connectivity index (χ0n) is 13.9. The lowest BCUT2D eigenvalue weighted by Crippen LogP contribution is -2.50. The number of carbonyl (C=O) groups excluding carboxylic acids is 1. The first-order chi connectivity index (χ1) is 10.9. The Kier molecular flexibility index (Phi) is 6.18. The first-order valence-electron chi connectivity index (χ1n) is 8.26. The second-order valence-electron chi connectivity index (χ2n) is 6.50. The third kappa shape index (κ3) is 5.04. The number of nitrogens with one attached hydrogen (secondary N) is 1. The lowest BCUT2D eigenvalue weighted by atomic mass is 10.0. The number of hydrogen-bond acceptors (Lipinski definition) is 3. The average molecular weight is 338 g/mol. The van der Waals surface area contributed by atoms with E-state index >= 15 is 0 Å². The zero-order valence-corrected chi connectivity index (χ0v) is 14.7. The molecule has 1 atom stereocenters.